The molecule has 2 aliphatic heterocycles. The van der Waals surface area contributed by atoms with Crippen molar-refractivity contribution < 1.29 is 0 Å². The molecule has 130 valence electrons. The molecule has 0 bridgehead atoms. The van der Waals surface area contributed by atoms with Crippen LogP contribution in [0.1, 0.15) is 32.3 Å². The molecule has 3 nitrogen and oxygen atoms in total. The van der Waals surface area contributed by atoms with Gasteiger partial charge in [0.2, 0.25) is 0 Å². The van der Waals surface area contributed by atoms with Gasteiger partial charge in [0.1, 0.15) is 0 Å². The Morgan fingerprint density at radius 1 is 1.22 bits per heavy atom. The van der Waals surface area contributed by atoms with E-state index in [4.69, 9.17) is 0 Å². The van der Waals surface area contributed by atoms with Gasteiger partial charge in [-0.3, -0.25) is 9.80 Å². The smallest absolute Gasteiger partial charge is 0.0234 e. The van der Waals surface area contributed by atoms with Gasteiger partial charge in [0.15, 0.2) is 0 Å². The van der Waals surface area contributed by atoms with Gasteiger partial charge in [-0.2, -0.15) is 0 Å². The molecule has 0 aliphatic carbocycles. The topological polar surface area (TPSA) is 18.5 Å². The van der Waals surface area contributed by atoms with Crippen molar-refractivity contribution >= 4 is 12.4 Å². The summed E-state index contributed by atoms with van der Waals surface area (Å²) in [7, 11) is 0. The van der Waals surface area contributed by atoms with Crippen molar-refractivity contribution in [3.05, 3.63) is 35.9 Å². The first kappa shape index (κ1) is 18.7. The van der Waals surface area contributed by atoms with Crippen LogP contribution in [0.25, 0.3) is 0 Å². The number of nitrogens with zero attached hydrogens (tertiary/aromatic N) is 2. The fourth-order valence-electron chi connectivity index (χ4n) is 4.01. The second kappa shape index (κ2) is 8.48. The summed E-state index contributed by atoms with van der Waals surface area (Å²) in [5.74, 6) is 0. The summed E-state index contributed by atoms with van der Waals surface area (Å²) in [4.78, 5) is 5.37. The van der Waals surface area contributed by atoms with Gasteiger partial charge in [0.25, 0.3) is 0 Å². The van der Waals surface area contributed by atoms with Gasteiger partial charge < -0.3 is 5.32 Å². The maximum atomic E-state index is 3.54. The maximum absolute atomic E-state index is 3.54. The molecule has 1 N–H and O–H groups in total. The maximum Gasteiger partial charge on any atom is 0.0234 e. The van der Waals surface area contributed by atoms with Crippen LogP contribution in [0, 0.1) is 5.41 Å². The second-order valence-electron chi connectivity index (χ2n) is 7.63. The fraction of sp³-hybridized carbons (Fsp3) is 0.684. The molecule has 1 aromatic carbocycles. The van der Waals surface area contributed by atoms with E-state index in [1.807, 2.05) is 0 Å². The third kappa shape index (κ3) is 5.18. The zero-order valence-corrected chi connectivity index (χ0v) is 15.4. The highest BCUT2D eigenvalue weighted by molar-refractivity contribution is 5.85. The molecule has 4 heteroatoms. The van der Waals surface area contributed by atoms with Crippen LogP contribution in [0.15, 0.2) is 30.3 Å². The molecule has 2 atom stereocenters. The van der Waals surface area contributed by atoms with Crippen molar-refractivity contribution in [2.45, 2.75) is 39.3 Å². The van der Waals surface area contributed by atoms with Crippen LogP contribution in [0.5, 0.6) is 0 Å². The highest BCUT2D eigenvalue weighted by Crippen LogP contribution is 2.27. The number of benzene rings is 1. The van der Waals surface area contributed by atoms with Gasteiger partial charge in [-0.25, -0.2) is 0 Å². The van der Waals surface area contributed by atoms with Gasteiger partial charge in [0.05, 0.1) is 0 Å². The molecule has 0 saturated carbocycles. The van der Waals surface area contributed by atoms with Crippen LogP contribution in [0.3, 0.4) is 0 Å². The van der Waals surface area contributed by atoms with Crippen molar-refractivity contribution in [3.8, 4) is 0 Å². The third-order valence-electron chi connectivity index (χ3n) is 5.36. The Morgan fingerprint density at radius 3 is 2.70 bits per heavy atom. The molecular formula is C19H32ClN3. The monoisotopic (exact) mass is 337 g/mol. The molecule has 1 aromatic rings. The van der Waals surface area contributed by atoms with Crippen LogP contribution >= 0.6 is 12.4 Å². The Balaban J connectivity index is 0.00000192. The normalized spacial score (nSPS) is 29.9. The van der Waals surface area contributed by atoms with Crippen molar-refractivity contribution in [1.82, 2.24) is 15.1 Å². The van der Waals surface area contributed by atoms with Crippen molar-refractivity contribution in [2.24, 2.45) is 5.41 Å². The lowest BCUT2D eigenvalue weighted by Gasteiger charge is -2.35. The summed E-state index contributed by atoms with van der Waals surface area (Å²) in [6.45, 7) is 13.3. The highest BCUT2D eigenvalue weighted by Gasteiger charge is 2.33. The molecule has 0 aromatic heterocycles. The van der Waals surface area contributed by atoms with E-state index in [-0.39, 0.29) is 12.4 Å². The number of rotatable bonds is 4. The third-order valence-corrected chi connectivity index (χ3v) is 5.36. The first-order valence-electron chi connectivity index (χ1n) is 8.86. The average molecular weight is 338 g/mol. The molecule has 0 spiro atoms. The minimum Gasteiger partial charge on any atom is -0.316 e. The Bertz CT molecular complexity index is 459. The van der Waals surface area contributed by atoms with Gasteiger partial charge in [0, 0.05) is 32.2 Å². The lowest BCUT2D eigenvalue weighted by atomic mass is 9.88. The zero-order valence-electron chi connectivity index (χ0n) is 14.6. The number of hydrogen-bond acceptors (Lipinski definition) is 3. The van der Waals surface area contributed by atoms with Crippen molar-refractivity contribution in [2.75, 3.05) is 39.3 Å². The minimum atomic E-state index is 0. The standard InChI is InChI=1S/C19H31N3.ClH/c1-17-13-21(14-18-7-4-3-5-8-18)11-6-12-22(17)16-19(2)9-10-20-15-19;/h3-5,7-8,17,20H,6,9-16H2,1-2H3;1H. The van der Waals surface area contributed by atoms with E-state index in [1.165, 1.54) is 57.7 Å². The lowest BCUT2D eigenvalue weighted by Crippen LogP contribution is -2.44. The van der Waals surface area contributed by atoms with Crippen LogP contribution in [-0.2, 0) is 6.54 Å². The molecule has 3 rings (SSSR count). The number of nitrogens with one attached hydrogen (secondary N) is 1. The van der Waals surface area contributed by atoms with E-state index >= 15 is 0 Å². The predicted molar refractivity (Wildman–Crippen MR) is 100 cm³/mol. The molecule has 0 amide bonds. The molecular weight excluding hydrogens is 306 g/mol. The second-order valence-corrected chi connectivity index (χ2v) is 7.63. The van der Waals surface area contributed by atoms with Gasteiger partial charge in [-0.15, -0.1) is 12.4 Å². The van der Waals surface area contributed by atoms with Crippen LogP contribution in [-0.4, -0.2) is 55.1 Å². The largest absolute Gasteiger partial charge is 0.316 e. The summed E-state index contributed by atoms with van der Waals surface area (Å²) in [6, 6.07) is 11.6. The average Bonchev–Trinajstić information content (AvgIpc) is 2.86. The number of halogens is 1. The van der Waals surface area contributed by atoms with E-state index in [9.17, 15) is 0 Å². The SMILES string of the molecule is CC1CN(Cc2ccccc2)CCCN1CC1(C)CCNC1.Cl. The van der Waals surface area contributed by atoms with Gasteiger partial charge >= 0.3 is 0 Å². The molecule has 0 radical (unpaired) electrons. The minimum absolute atomic E-state index is 0. The quantitative estimate of drug-likeness (QED) is 0.911. The van der Waals surface area contributed by atoms with Crippen molar-refractivity contribution in [1.29, 1.82) is 0 Å². The van der Waals surface area contributed by atoms with E-state index in [0.29, 0.717) is 11.5 Å². The van der Waals surface area contributed by atoms with Gasteiger partial charge in [-0.05, 0) is 50.4 Å². The zero-order chi connectivity index (χ0) is 15.4. The molecule has 2 fully saturated rings. The molecule has 23 heavy (non-hydrogen) atoms. The molecule has 2 unspecified atom stereocenters. The summed E-state index contributed by atoms with van der Waals surface area (Å²) in [5, 5.41) is 3.54. The molecule has 2 saturated heterocycles. The Hall–Kier alpha value is -0.610. The Kier molecular flexibility index (Phi) is 6.90. The summed E-state index contributed by atoms with van der Waals surface area (Å²) in [6.07, 6.45) is 2.62. The van der Waals surface area contributed by atoms with E-state index in [1.54, 1.807) is 0 Å². The van der Waals surface area contributed by atoms with Crippen LogP contribution < -0.4 is 5.32 Å². The number of hydrogen-bond donors (Lipinski definition) is 1. The fourth-order valence-corrected chi connectivity index (χ4v) is 4.01. The Morgan fingerprint density at radius 2 is 2.00 bits per heavy atom. The van der Waals surface area contributed by atoms with E-state index < -0.39 is 0 Å². The predicted octanol–water partition coefficient (Wildman–Crippen LogP) is 3.00. The van der Waals surface area contributed by atoms with Crippen LogP contribution in [0.2, 0.25) is 0 Å². The first-order chi connectivity index (χ1) is 10.6. The highest BCUT2D eigenvalue weighted by atomic mass is 35.5. The first-order valence-corrected chi connectivity index (χ1v) is 8.86. The van der Waals surface area contributed by atoms with E-state index in [2.05, 4.69) is 59.3 Å². The Labute approximate surface area is 147 Å². The summed E-state index contributed by atoms with van der Waals surface area (Å²) >= 11 is 0. The van der Waals surface area contributed by atoms with Crippen LogP contribution in [0.4, 0.5) is 0 Å². The van der Waals surface area contributed by atoms with Crippen molar-refractivity contribution in [3.63, 3.8) is 0 Å². The molecule has 2 aliphatic rings. The van der Waals surface area contributed by atoms with E-state index in [0.717, 1.165) is 6.54 Å². The lowest BCUT2D eigenvalue weighted by molar-refractivity contribution is 0.131. The molecule has 2 heterocycles. The van der Waals surface area contributed by atoms with Gasteiger partial charge in [-0.1, -0.05) is 37.3 Å². The summed E-state index contributed by atoms with van der Waals surface area (Å²) in [5.41, 5.74) is 1.91. The summed E-state index contributed by atoms with van der Waals surface area (Å²) < 4.78 is 0.